The summed E-state index contributed by atoms with van der Waals surface area (Å²) in [4.78, 5) is 26.6. The van der Waals surface area contributed by atoms with Crippen molar-refractivity contribution in [1.29, 1.82) is 0 Å². The number of benzene rings is 5. The van der Waals surface area contributed by atoms with Crippen LogP contribution in [0.1, 0.15) is 43.4 Å². The summed E-state index contributed by atoms with van der Waals surface area (Å²) in [5.41, 5.74) is 10.1. The Balaban J connectivity index is 1.36. The van der Waals surface area contributed by atoms with Crippen LogP contribution in [0.15, 0.2) is 146 Å². The van der Waals surface area contributed by atoms with Crippen LogP contribution >= 0.6 is 0 Å². The predicted octanol–water partition coefficient (Wildman–Crippen LogP) is 6.63. The van der Waals surface area contributed by atoms with E-state index in [4.69, 9.17) is 14.9 Å². The summed E-state index contributed by atoms with van der Waals surface area (Å²) in [6.07, 6.45) is -0.148. The summed E-state index contributed by atoms with van der Waals surface area (Å²) < 4.78 is 12.0. The van der Waals surface area contributed by atoms with Gasteiger partial charge in [-0.05, 0) is 50.7 Å². The van der Waals surface area contributed by atoms with Crippen molar-refractivity contribution < 1.29 is 18.8 Å². The minimum atomic E-state index is -2.74. The fourth-order valence-electron chi connectivity index (χ4n) is 6.74. The van der Waals surface area contributed by atoms with Crippen molar-refractivity contribution in [3.8, 4) is 0 Å². The molecule has 5 aromatic carbocycles. The maximum absolute atomic E-state index is 14.0. The number of carbonyl (C=O) groups excluding carboxylic acids is 2. The first-order chi connectivity index (χ1) is 24.1. The topological polar surface area (TPSA) is 103 Å². The number of nitrogens with one attached hydrogen (secondary N) is 2. The Morgan fingerprint density at radius 2 is 1.22 bits per heavy atom. The van der Waals surface area contributed by atoms with Crippen LogP contribution in [-0.2, 0) is 20.4 Å². The predicted molar refractivity (Wildman–Crippen MR) is 204 cm³/mol. The van der Waals surface area contributed by atoms with Crippen LogP contribution in [0.3, 0.4) is 0 Å². The summed E-state index contributed by atoms with van der Waals surface area (Å²) in [6, 6.07) is 46.8. The molecule has 0 aliphatic carbocycles. The van der Waals surface area contributed by atoms with Crippen molar-refractivity contribution in [2.24, 2.45) is 5.73 Å². The molecule has 0 fully saturated rings. The quantitative estimate of drug-likeness (QED) is 0.121. The maximum Gasteiger partial charge on any atom is 0.407 e. The number of amides is 2. The number of hydrogen-bond acceptors (Lipinski definition) is 5. The number of carbonyl (C=O) groups is 2. The first-order valence-electron chi connectivity index (χ1n) is 17.0. The van der Waals surface area contributed by atoms with E-state index in [1.165, 1.54) is 17.5 Å². The van der Waals surface area contributed by atoms with Crippen LogP contribution in [0.4, 0.5) is 10.5 Å². The van der Waals surface area contributed by atoms with Crippen LogP contribution in [0.5, 0.6) is 0 Å². The van der Waals surface area contributed by atoms with Gasteiger partial charge in [-0.25, -0.2) is 4.79 Å². The average molecular weight is 686 g/mol. The van der Waals surface area contributed by atoms with Gasteiger partial charge in [0, 0.05) is 17.6 Å². The van der Waals surface area contributed by atoms with E-state index in [9.17, 15) is 9.59 Å². The van der Waals surface area contributed by atoms with Crippen molar-refractivity contribution in [3.05, 3.63) is 162 Å². The van der Waals surface area contributed by atoms with E-state index < -0.39 is 26.4 Å². The Morgan fingerprint density at radius 3 is 1.70 bits per heavy atom. The molecule has 0 heterocycles. The Labute approximate surface area is 297 Å². The van der Waals surface area contributed by atoms with Crippen molar-refractivity contribution in [1.82, 2.24) is 5.32 Å². The molecule has 0 aromatic heterocycles. The summed E-state index contributed by atoms with van der Waals surface area (Å²) in [5, 5.41) is 8.09. The van der Waals surface area contributed by atoms with E-state index in [0.717, 1.165) is 16.7 Å². The van der Waals surface area contributed by atoms with Gasteiger partial charge in [-0.2, -0.15) is 0 Å². The van der Waals surface area contributed by atoms with E-state index in [2.05, 4.69) is 79.9 Å². The minimum Gasteiger partial charge on any atom is -0.453 e. The van der Waals surface area contributed by atoms with Gasteiger partial charge in [0.05, 0.1) is 13.7 Å². The first kappa shape index (κ1) is 36.3. The molecule has 5 aromatic rings. The maximum atomic E-state index is 14.0. The monoisotopic (exact) mass is 685 g/mol. The molecule has 4 N–H and O–H groups in total. The number of rotatable bonds is 13. The molecule has 7 nitrogen and oxygen atoms in total. The lowest BCUT2D eigenvalue weighted by atomic mass is 9.84. The molecule has 0 unspecified atom stereocenters. The van der Waals surface area contributed by atoms with Crippen molar-refractivity contribution >= 4 is 36.4 Å². The molecule has 0 aliphatic heterocycles. The molecule has 8 heteroatoms. The fourth-order valence-corrected chi connectivity index (χ4v) is 11.4. The van der Waals surface area contributed by atoms with Crippen molar-refractivity contribution in [2.75, 3.05) is 19.0 Å². The van der Waals surface area contributed by atoms with Gasteiger partial charge in [0.15, 0.2) is 0 Å². The molecular formula is C42H47N3O4Si. The minimum absolute atomic E-state index is 0.161. The number of anilines is 1. The van der Waals surface area contributed by atoms with E-state index >= 15 is 0 Å². The van der Waals surface area contributed by atoms with Crippen LogP contribution < -0.4 is 26.7 Å². The third-order valence-electron chi connectivity index (χ3n) is 9.02. The zero-order valence-corrected chi connectivity index (χ0v) is 30.2. The van der Waals surface area contributed by atoms with E-state index in [1.807, 2.05) is 97.1 Å². The van der Waals surface area contributed by atoms with Crippen LogP contribution in [0, 0.1) is 0 Å². The molecule has 2 amide bonds. The number of ether oxygens (including phenoxy) is 1. The molecule has 0 aliphatic rings. The summed E-state index contributed by atoms with van der Waals surface area (Å²) in [7, 11) is -1.45. The Morgan fingerprint density at radius 1 is 0.720 bits per heavy atom. The van der Waals surface area contributed by atoms with E-state index in [1.54, 1.807) is 0 Å². The average Bonchev–Trinajstić information content (AvgIpc) is 3.13. The fraction of sp³-hybridized carbons (Fsp3) is 0.238. The molecule has 258 valence electrons. The van der Waals surface area contributed by atoms with Crippen molar-refractivity contribution in [2.45, 2.75) is 50.2 Å². The standard InChI is InChI=1S/C42H47N3O4Si/c1-42(2,3)50(36-24-13-7-14-25-36,37-26-15-8-16-27-37)49-30-34(43)28-31-18-17-23-35(29-31)44-40(46)39(45-41(47)48-4)38(32-19-9-5-10-20-32)33-21-11-6-12-22-33/h5-27,29,34,38-39H,28,30,43H2,1-4H3,(H,44,46)(H,45,47)/t34-,39-/m0/s1. The Bertz CT molecular complexity index is 1740. The van der Waals surface area contributed by atoms with Crippen LogP contribution in [0.25, 0.3) is 0 Å². The van der Waals surface area contributed by atoms with Gasteiger partial charge in [0.1, 0.15) is 6.04 Å². The van der Waals surface area contributed by atoms with Crippen LogP contribution in [0.2, 0.25) is 5.04 Å². The molecule has 50 heavy (non-hydrogen) atoms. The lowest BCUT2D eigenvalue weighted by molar-refractivity contribution is -0.118. The van der Waals surface area contributed by atoms with Gasteiger partial charge in [-0.1, -0.05) is 154 Å². The molecule has 0 saturated heterocycles. The van der Waals surface area contributed by atoms with Gasteiger partial charge >= 0.3 is 6.09 Å². The highest BCUT2D eigenvalue weighted by Gasteiger charge is 2.50. The van der Waals surface area contributed by atoms with E-state index in [0.29, 0.717) is 18.7 Å². The molecule has 0 bridgehead atoms. The lowest BCUT2D eigenvalue weighted by Gasteiger charge is -2.43. The summed E-state index contributed by atoms with van der Waals surface area (Å²) in [5.74, 6) is -0.837. The second-order valence-corrected chi connectivity index (χ2v) is 17.8. The SMILES string of the molecule is COC(=O)N[C@H](C(=O)Nc1cccc(C[C@H](N)CO[Si](c2ccccc2)(c2ccccc2)C(C)(C)C)c1)C(c1ccccc1)c1ccccc1. The van der Waals surface area contributed by atoms with Gasteiger partial charge < -0.3 is 25.5 Å². The third kappa shape index (κ3) is 8.57. The third-order valence-corrected chi connectivity index (χ3v) is 14.0. The molecule has 5 rings (SSSR count). The highest BCUT2D eigenvalue weighted by Crippen LogP contribution is 2.37. The Kier molecular flexibility index (Phi) is 12.0. The zero-order chi connectivity index (χ0) is 35.6. The largest absolute Gasteiger partial charge is 0.453 e. The van der Waals surface area contributed by atoms with Gasteiger partial charge in [-0.15, -0.1) is 0 Å². The van der Waals surface area contributed by atoms with Crippen molar-refractivity contribution in [3.63, 3.8) is 0 Å². The van der Waals surface area contributed by atoms with Gasteiger partial charge in [-0.3, -0.25) is 4.79 Å². The second kappa shape index (κ2) is 16.6. The first-order valence-corrected chi connectivity index (χ1v) is 18.9. The summed E-state index contributed by atoms with van der Waals surface area (Å²) in [6.45, 7) is 7.11. The van der Waals surface area contributed by atoms with E-state index in [-0.39, 0.29) is 17.0 Å². The molecule has 0 saturated carbocycles. The molecule has 0 radical (unpaired) electrons. The zero-order valence-electron chi connectivity index (χ0n) is 29.2. The normalized spacial score (nSPS) is 12.9. The molecule has 0 spiro atoms. The highest BCUT2D eigenvalue weighted by molar-refractivity contribution is 6.99. The highest BCUT2D eigenvalue weighted by atomic mass is 28.4. The number of nitrogens with two attached hydrogens (primary N) is 1. The Hall–Kier alpha value is -5.02. The number of methoxy groups -OCH3 is 1. The molecule has 2 atom stereocenters. The van der Waals surface area contributed by atoms with Gasteiger partial charge in [0.25, 0.3) is 8.32 Å². The van der Waals surface area contributed by atoms with Gasteiger partial charge in [0.2, 0.25) is 5.91 Å². The van der Waals surface area contributed by atoms with Crippen LogP contribution in [-0.4, -0.2) is 46.1 Å². The summed E-state index contributed by atoms with van der Waals surface area (Å²) >= 11 is 0. The number of alkyl carbamates (subject to hydrolysis) is 1. The smallest absolute Gasteiger partial charge is 0.407 e. The second-order valence-electron chi connectivity index (χ2n) is 13.5. The lowest BCUT2D eigenvalue weighted by Crippen LogP contribution is -2.67. The molecular weight excluding hydrogens is 639 g/mol. The number of hydrogen-bond donors (Lipinski definition) is 3.